The molecule has 2 rings (SSSR count). The molecular formula is C16H17F2N3O4S. The SMILES string of the molecule is NS(=O)(=O)c1ccc(NC(=O)NCCc2ccc(OC(F)F)cc2)cc1. The Morgan fingerprint density at radius 2 is 1.69 bits per heavy atom. The van der Waals surface area contributed by atoms with Crippen LogP contribution in [0.2, 0.25) is 0 Å². The standard InChI is InChI=1S/C16H17F2N3O4S/c17-15(18)25-13-5-1-11(2-6-13)9-10-20-16(22)21-12-3-7-14(8-4-12)26(19,23)24/h1-8,15H,9-10H2,(H2,19,23,24)(H2,20,21,22). The van der Waals surface area contributed by atoms with Gasteiger partial charge in [0.2, 0.25) is 10.0 Å². The molecule has 2 aromatic rings. The van der Waals surface area contributed by atoms with E-state index in [1.807, 2.05) is 0 Å². The first-order valence-corrected chi connectivity index (χ1v) is 9.00. The average Bonchev–Trinajstić information content (AvgIpc) is 2.55. The number of halogens is 2. The molecule has 0 saturated carbocycles. The van der Waals surface area contributed by atoms with Crippen molar-refractivity contribution in [1.82, 2.24) is 5.32 Å². The number of urea groups is 1. The molecule has 0 fully saturated rings. The van der Waals surface area contributed by atoms with Crippen molar-refractivity contribution < 1.29 is 26.7 Å². The Kier molecular flexibility index (Phi) is 6.47. The lowest BCUT2D eigenvalue weighted by molar-refractivity contribution is -0.0498. The van der Waals surface area contributed by atoms with Crippen LogP contribution < -0.4 is 20.5 Å². The van der Waals surface area contributed by atoms with E-state index in [-0.39, 0.29) is 10.6 Å². The first-order valence-electron chi connectivity index (χ1n) is 7.45. The molecule has 0 spiro atoms. The molecule has 0 heterocycles. The van der Waals surface area contributed by atoms with Crippen LogP contribution in [0.25, 0.3) is 0 Å². The minimum absolute atomic E-state index is 0.0530. The van der Waals surface area contributed by atoms with E-state index in [9.17, 15) is 22.0 Å². The molecule has 0 unspecified atom stereocenters. The summed E-state index contributed by atoms with van der Waals surface area (Å²) in [7, 11) is -3.78. The summed E-state index contributed by atoms with van der Waals surface area (Å²) >= 11 is 0. The second kappa shape index (κ2) is 8.59. The molecule has 0 bridgehead atoms. The fourth-order valence-electron chi connectivity index (χ4n) is 2.06. The van der Waals surface area contributed by atoms with E-state index in [1.165, 1.54) is 36.4 Å². The molecule has 7 nitrogen and oxygen atoms in total. The fourth-order valence-corrected chi connectivity index (χ4v) is 2.58. The largest absolute Gasteiger partial charge is 0.435 e. The summed E-state index contributed by atoms with van der Waals surface area (Å²) in [5.74, 6) is 0.0670. The van der Waals surface area contributed by atoms with Crippen LogP contribution >= 0.6 is 0 Å². The fraction of sp³-hybridized carbons (Fsp3) is 0.188. The van der Waals surface area contributed by atoms with Crippen LogP contribution in [0.4, 0.5) is 19.3 Å². The molecule has 140 valence electrons. The molecule has 2 amide bonds. The van der Waals surface area contributed by atoms with Gasteiger partial charge in [-0.05, 0) is 48.4 Å². The minimum atomic E-state index is -3.78. The summed E-state index contributed by atoms with van der Waals surface area (Å²) in [5.41, 5.74) is 1.24. The third-order valence-electron chi connectivity index (χ3n) is 3.29. The van der Waals surface area contributed by atoms with Gasteiger partial charge in [-0.25, -0.2) is 18.4 Å². The van der Waals surface area contributed by atoms with Crippen molar-refractivity contribution in [2.45, 2.75) is 17.9 Å². The summed E-state index contributed by atoms with van der Waals surface area (Å²) in [6, 6.07) is 11.0. The second-order valence-corrected chi connectivity index (χ2v) is 6.78. The number of ether oxygens (including phenoxy) is 1. The van der Waals surface area contributed by atoms with Gasteiger partial charge in [0.05, 0.1) is 4.90 Å². The van der Waals surface area contributed by atoms with Crippen molar-refractivity contribution in [2.75, 3.05) is 11.9 Å². The molecular weight excluding hydrogens is 368 g/mol. The third-order valence-corrected chi connectivity index (χ3v) is 4.22. The monoisotopic (exact) mass is 385 g/mol. The van der Waals surface area contributed by atoms with Gasteiger partial charge in [0, 0.05) is 12.2 Å². The van der Waals surface area contributed by atoms with E-state index in [0.29, 0.717) is 18.7 Å². The molecule has 4 N–H and O–H groups in total. The highest BCUT2D eigenvalue weighted by molar-refractivity contribution is 7.89. The summed E-state index contributed by atoms with van der Waals surface area (Å²) in [6.07, 6.45) is 0.493. The molecule has 0 aliphatic carbocycles. The van der Waals surface area contributed by atoms with Gasteiger partial charge in [-0.15, -0.1) is 0 Å². The van der Waals surface area contributed by atoms with Gasteiger partial charge < -0.3 is 15.4 Å². The van der Waals surface area contributed by atoms with Crippen LogP contribution in [-0.4, -0.2) is 27.6 Å². The molecule has 10 heteroatoms. The molecule has 0 aliphatic heterocycles. The molecule has 0 saturated heterocycles. The Morgan fingerprint density at radius 3 is 2.23 bits per heavy atom. The maximum absolute atomic E-state index is 12.1. The maximum atomic E-state index is 12.1. The molecule has 2 aromatic carbocycles. The number of primary sulfonamides is 1. The number of rotatable bonds is 7. The number of alkyl halides is 2. The van der Waals surface area contributed by atoms with Crippen LogP contribution in [0.3, 0.4) is 0 Å². The number of carbonyl (C=O) groups is 1. The highest BCUT2D eigenvalue weighted by Gasteiger charge is 2.08. The number of benzene rings is 2. The molecule has 26 heavy (non-hydrogen) atoms. The van der Waals surface area contributed by atoms with Crippen LogP contribution in [0.15, 0.2) is 53.4 Å². The van der Waals surface area contributed by atoms with Gasteiger partial charge in [0.1, 0.15) is 5.75 Å². The molecule has 0 aromatic heterocycles. The van der Waals surface area contributed by atoms with E-state index in [1.54, 1.807) is 12.1 Å². The van der Waals surface area contributed by atoms with Gasteiger partial charge in [0.15, 0.2) is 0 Å². The van der Waals surface area contributed by atoms with Crippen LogP contribution in [0, 0.1) is 0 Å². The van der Waals surface area contributed by atoms with Gasteiger partial charge >= 0.3 is 12.6 Å². The van der Waals surface area contributed by atoms with Crippen LogP contribution in [0.5, 0.6) is 5.75 Å². The summed E-state index contributed by atoms with van der Waals surface area (Å²) in [6.45, 7) is -2.55. The number of nitrogens with two attached hydrogens (primary N) is 1. The Balaban J connectivity index is 1.78. The topological polar surface area (TPSA) is 111 Å². The van der Waals surface area contributed by atoms with Crippen LogP contribution in [-0.2, 0) is 16.4 Å². The Labute approximate surface area is 149 Å². The van der Waals surface area contributed by atoms with Crippen molar-refractivity contribution in [2.24, 2.45) is 5.14 Å². The number of nitrogens with one attached hydrogen (secondary N) is 2. The summed E-state index contributed by atoms with van der Waals surface area (Å²) < 4.78 is 50.7. The Morgan fingerprint density at radius 1 is 1.08 bits per heavy atom. The second-order valence-electron chi connectivity index (χ2n) is 5.22. The lowest BCUT2D eigenvalue weighted by Gasteiger charge is -2.09. The number of amides is 2. The summed E-state index contributed by atoms with van der Waals surface area (Å²) in [4.78, 5) is 11.7. The number of carbonyl (C=O) groups excluding carboxylic acids is 1. The zero-order valence-corrected chi connectivity index (χ0v) is 14.3. The average molecular weight is 385 g/mol. The predicted octanol–water partition coefficient (Wildman–Crippen LogP) is 2.30. The summed E-state index contributed by atoms with van der Waals surface area (Å²) in [5, 5.41) is 10.2. The van der Waals surface area contributed by atoms with Crippen molar-refractivity contribution in [1.29, 1.82) is 0 Å². The van der Waals surface area contributed by atoms with Crippen molar-refractivity contribution in [3.05, 3.63) is 54.1 Å². The third kappa shape index (κ3) is 6.30. The van der Waals surface area contributed by atoms with Gasteiger partial charge in [-0.1, -0.05) is 12.1 Å². The van der Waals surface area contributed by atoms with Crippen molar-refractivity contribution in [3.63, 3.8) is 0 Å². The first kappa shape index (κ1) is 19.6. The lowest BCUT2D eigenvalue weighted by atomic mass is 10.1. The van der Waals surface area contributed by atoms with Crippen molar-refractivity contribution >= 4 is 21.7 Å². The van der Waals surface area contributed by atoms with E-state index in [0.717, 1.165) is 5.56 Å². The predicted molar refractivity (Wildman–Crippen MR) is 91.6 cm³/mol. The van der Waals surface area contributed by atoms with E-state index >= 15 is 0 Å². The quantitative estimate of drug-likeness (QED) is 0.679. The Bertz CT molecular complexity index is 841. The lowest BCUT2D eigenvalue weighted by Crippen LogP contribution is -2.30. The Hall–Kier alpha value is -2.72. The van der Waals surface area contributed by atoms with Gasteiger partial charge in [0.25, 0.3) is 0 Å². The zero-order valence-electron chi connectivity index (χ0n) is 13.5. The number of sulfonamides is 1. The van der Waals surface area contributed by atoms with Crippen LogP contribution in [0.1, 0.15) is 5.56 Å². The highest BCUT2D eigenvalue weighted by Crippen LogP contribution is 2.15. The zero-order chi connectivity index (χ0) is 19.2. The highest BCUT2D eigenvalue weighted by atomic mass is 32.2. The number of hydrogen-bond acceptors (Lipinski definition) is 4. The van der Waals surface area contributed by atoms with E-state index in [4.69, 9.17) is 5.14 Å². The number of hydrogen-bond donors (Lipinski definition) is 3. The number of anilines is 1. The minimum Gasteiger partial charge on any atom is -0.435 e. The van der Waals surface area contributed by atoms with E-state index in [2.05, 4.69) is 15.4 Å². The molecule has 0 radical (unpaired) electrons. The normalized spacial score (nSPS) is 11.2. The first-order chi connectivity index (χ1) is 12.2. The van der Waals surface area contributed by atoms with Gasteiger partial charge in [-0.3, -0.25) is 0 Å². The van der Waals surface area contributed by atoms with E-state index < -0.39 is 22.7 Å². The van der Waals surface area contributed by atoms with Crippen molar-refractivity contribution in [3.8, 4) is 5.75 Å². The molecule has 0 aliphatic rings. The van der Waals surface area contributed by atoms with Gasteiger partial charge in [-0.2, -0.15) is 8.78 Å². The smallest absolute Gasteiger partial charge is 0.387 e. The maximum Gasteiger partial charge on any atom is 0.387 e. The molecule has 0 atom stereocenters.